The van der Waals surface area contributed by atoms with Gasteiger partial charge in [0.05, 0.1) is 12.3 Å². The van der Waals surface area contributed by atoms with Gasteiger partial charge in [-0.2, -0.15) is 0 Å². The summed E-state index contributed by atoms with van der Waals surface area (Å²) in [5.74, 6) is 0.503. The number of aryl methyl sites for hydroxylation is 1. The second kappa shape index (κ2) is 8.49. The molecule has 3 amide bonds. The monoisotopic (exact) mass is 347 g/mol. The van der Waals surface area contributed by atoms with Gasteiger partial charge in [-0.15, -0.1) is 10.2 Å². The Morgan fingerprint density at radius 3 is 2.58 bits per heavy atom. The van der Waals surface area contributed by atoms with Crippen molar-refractivity contribution in [1.29, 1.82) is 0 Å². The lowest BCUT2D eigenvalue weighted by molar-refractivity contribution is -0.117. The highest BCUT2D eigenvalue weighted by Gasteiger charge is 2.14. The first-order chi connectivity index (χ1) is 11.5. The third kappa shape index (κ3) is 5.38. The molecule has 1 heterocycles. The number of carbonyl (C=O) groups excluding carboxylic acids is 2. The van der Waals surface area contributed by atoms with Gasteiger partial charge in [0.1, 0.15) is 5.82 Å². The molecule has 8 heteroatoms. The summed E-state index contributed by atoms with van der Waals surface area (Å²) in [4.78, 5) is 23.3. The molecule has 0 saturated carbocycles. The van der Waals surface area contributed by atoms with Gasteiger partial charge in [-0.1, -0.05) is 42.1 Å². The van der Waals surface area contributed by atoms with Crippen LogP contribution in [0.5, 0.6) is 0 Å². The average molecular weight is 347 g/mol. The Morgan fingerprint density at radius 2 is 1.92 bits per heavy atom. The summed E-state index contributed by atoms with van der Waals surface area (Å²) < 4.78 is 1.95. The van der Waals surface area contributed by atoms with E-state index in [1.165, 1.54) is 11.8 Å². The van der Waals surface area contributed by atoms with Gasteiger partial charge in [-0.3, -0.25) is 10.1 Å². The highest BCUT2D eigenvalue weighted by molar-refractivity contribution is 7.99. The molecule has 1 aromatic carbocycles. The van der Waals surface area contributed by atoms with Crippen molar-refractivity contribution in [2.24, 2.45) is 0 Å². The molecular formula is C16H21N5O2S. The third-order valence-electron chi connectivity index (χ3n) is 3.09. The van der Waals surface area contributed by atoms with E-state index in [9.17, 15) is 9.59 Å². The summed E-state index contributed by atoms with van der Waals surface area (Å²) in [6.45, 7) is 6.16. The second-order valence-electron chi connectivity index (χ2n) is 5.57. The Hall–Kier alpha value is -2.35. The molecule has 2 aromatic rings. The van der Waals surface area contributed by atoms with Crippen LogP contribution in [0.3, 0.4) is 0 Å². The molecule has 0 atom stereocenters. The van der Waals surface area contributed by atoms with Crippen molar-refractivity contribution < 1.29 is 9.59 Å². The van der Waals surface area contributed by atoms with E-state index in [0.29, 0.717) is 11.7 Å². The third-order valence-corrected chi connectivity index (χ3v) is 4.06. The Bertz CT molecular complexity index is 700. The van der Waals surface area contributed by atoms with Gasteiger partial charge < -0.3 is 9.88 Å². The fourth-order valence-corrected chi connectivity index (χ4v) is 2.79. The van der Waals surface area contributed by atoms with Gasteiger partial charge in [0.25, 0.3) is 0 Å². The molecule has 0 radical (unpaired) electrons. The van der Waals surface area contributed by atoms with E-state index in [1.54, 1.807) is 0 Å². The zero-order valence-electron chi connectivity index (χ0n) is 13.9. The van der Waals surface area contributed by atoms with E-state index in [4.69, 9.17) is 0 Å². The minimum absolute atomic E-state index is 0.0259. The highest BCUT2D eigenvalue weighted by Crippen LogP contribution is 2.18. The van der Waals surface area contributed by atoms with Crippen LogP contribution >= 0.6 is 11.8 Å². The number of carbonyl (C=O) groups is 2. The van der Waals surface area contributed by atoms with Crippen molar-refractivity contribution in [3.8, 4) is 0 Å². The molecule has 1 aromatic heterocycles. The van der Waals surface area contributed by atoms with Gasteiger partial charge in [0.2, 0.25) is 5.91 Å². The number of hydrogen-bond acceptors (Lipinski definition) is 5. The first-order valence-electron chi connectivity index (χ1n) is 7.62. The average Bonchev–Trinajstić information content (AvgIpc) is 2.86. The number of urea groups is 1. The minimum atomic E-state index is -0.488. The van der Waals surface area contributed by atoms with Crippen LogP contribution in [0.4, 0.5) is 4.79 Å². The predicted molar refractivity (Wildman–Crippen MR) is 92.8 cm³/mol. The zero-order chi connectivity index (χ0) is 17.5. The summed E-state index contributed by atoms with van der Waals surface area (Å²) in [7, 11) is 0. The molecule has 0 aliphatic carbocycles. The molecule has 0 aliphatic rings. The van der Waals surface area contributed by atoms with Crippen LogP contribution in [0.1, 0.15) is 25.2 Å². The molecule has 24 heavy (non-hydrogen) atoms. The smallest absolute Gasteiger partial charge is 0.321 e. The van der Waals surface area contributed by atoms with Crippen molar-refractivity contribution in [2.75, 3.05) is 5.75 Å². The lowest BCUT2D eigenvalue weighted by Crippen LogP contribution is -2.43. The van der Waals surface area contributed by atoms with Crippen LogP contribution in [0, 0.1) is 6.92 Å². The number of imide groups is 1. The number of amides is 3. The van der Waals surface area contributed by atoms with Gasteiger partial charge in [-0.05, 0) is 26.3 Å². The first-order valence-corrected chi connectivity index (χ1v) is 8.61. The van der Waals surface area contributed by atoms with Gasteiger partial charge in [0, 0.05) is 6.04 Å². The van der Waals surface area contributed by atoms with Crippen LogP contribution in [0.15, 0.2) is 35.5 Å². The Balaban J connectivity index is 1.93. The lowest BCUT2D eigenvalue weighted by atomic mass is 10.2. The zero-order valence-corrected chi connectivity index (χ0v) is 14.8. The molecule has 2 rings (SSSR count). The van der Waals surface area contributed by atoms with E-state index < -0.39 is 6.03 Å². The van der Waals surface area contributed by atoms with E-state index in [0.717, 1.165) is 11.4 Å². The highest BCUT2D eigenvalue weighted by atomic mass is 32.2. The van der Waals surface area contributed by atoms with Crippen molar-refractivity contribution in [3.05, 3.63) is 41.7 Å². The maximum Gasteiger partial charge on any atom is 0.321 e. The fraction of sp³-hybridized carbons (Fsp3) is 0.375. The molecule has 0 saturated heterocycles. The lowest BCUT2D eigenvalue weighted by Gasteiger charge is -2.10. The molecule has 0 bridgehead atoms. The number of rotatable bonds is 6. The number of hydrogen-bond donors (Lipinski definition) is 2. The Labute approximate surface area is 145 Å². The fourth-order valence-electron chi connectivity index (χ4n) is 2.01. The molecule has 0 fully saturated rings. The molecule has 7 nitrogen and oxygen atoms in total. The molecule has 2 N–H and O–H groups in total. The first kappa shape index (κ1) is 18.0. The maximum absolute atomic E-state index is 11.8. The van der Waals surface area contributed by atoms with Crippen molar-refractivity contribution in [1.82, 2.24) is 25.4 Å². The normalized spacial score (nSPS) is 10.7. The molecule has 0 aliphatic heterocycles. The van der Waals surface area contributed by atoms with E-state index >= 15 is 0 Å². The number of aromatic nitrogens is 3. The number of nitrogens with one attached hydrogen (secondary N) is 2. The van der Waals surface area contributed by atoms with Crippen molar-refractivity contribution in [3.63, 3.8) is 0 Å². The van der Waals surface area contributed by atoms with Crippen LogP contribution in [-0.4, -0.2) is 38.5 Å². The van der Waals surface area contributed by atoms with Crippen LogP contribution in [0.2, 0.25) is 0 Å². The SMILES string of the molecule is Cc1nnc(SCC(=O)NC(=O)NC(C)C)n1Cc1ccccc1. The van der Waals surface area contributed by atoms with E-state index in [-0.39, 0.29) is 17.7 Å². The number of thioether (sulfide) groups is 1. The number of nitrogens with zero attached hydrogens (tertiary/aromatic N) is 3. The second-order valence-corrected chi connectivity index (χ2v) is 6.51. The van der Waals surface area contributed by atoms with Crippen LogP contribution < -0.4 is 10.6 Å². The van der Waals surface area contributed by atoms with Crippen LogP contribution in [0.25, 0.3) is 0 Å². The standard InChI is InChI=1S/C16H21N5O2S/c1-11(2)17-15(23)18-14(22)10-24-16-20-19-12(3)21(16)9-13-7-5-4-6-8-13/h4-8,11H,9-10H2,1-3H3,(H2,17,18,22,23). The predicted octanol–water partition coefficient (Wildman–Crippen LogP) is 1.96. The molecule has 128 valence electrons. The molecule has 0 unspecified atom stereocenters. The summed E-state index contributed by atoms with van der Waals surface area (Å²) >= 11 is 1.25. The van der Waals surface area contributed by atoms with Crippen LogP contribution in [-0.2, 0) is 11.3 Å². The maximum atomic E-state index is 11.8. The Morgan fingerprint density at radius 1 is 1.21 bits per heavy atom. The van der Waals surface area contributed by atoms with Crippen molar-refractivity contribution >= 4 is 23.7 Å². The van der Waals surface area contributed by atoms with E-state index in [1.807, 2.05) is 55.7 Å². The van der Waals surface area contributed by atoms with E-state index in [2.05, 4.69) is 20.8 Å². The number of benzene rings is 1. The topological polar surface area (TPSA) is 88.9 Å². The van der Waals surface area contributed by atoms with Gasteiger partial charge >= 0.3 is 6.03 Å². The molecular weight excluding hydrogens is 326 g/mol. The van der Waals surface area contributed by atoms with Crippen molar-refractivity contribution in [2.45, 2.75) is 38.5 Å². The largest absolute Gasteiger partial charge is 0.336 e. The quantitative estimate of drug-likeness (QED) is 0.780. The summed E-state index contributed by atoms with van der Waals surface area (Å²) in [5, 5.41) is 13.7. The minimum Gasteiger partial charge on any atom is -0.336 e. The van der Waals surface area contributed by atoms with Gasteiger partial charge in [0.15, 0.2) is 5.16 Å². The van der Waals surface area contributed by atoms with Gasteiger partial charge in [-0.25, -0.2) is 4.79 Å². The molecule has 0 spiro atoms. The Kier molecular flexibility index (Phi) is 6.36. The summed E-state index contributed by atoms with van der Waals surface area (Å²) in [5.41, 5.74) is 1.13. The summed E-state index contributed by atoms with van der Waals surface area (Å²) in [6.07, 6.45) is 0. The summed E-state index contributed by atoms with van der Waals surface area (Å²) in [6, 6.07) is 9.45.